The van der Waals surface area contributed by atoms with E-state index >= 15 is 0 Å². The van der Waals surface area contributed by atoms with Crippen molar-refractivity contribution in [3.05, 3.63) is 0 Å². The topological polar surface area (TPSA) is 116 Å². The third-order valence-electron chi connectivity index (χ3n) is 1.50. The molecule has 2 unspecified atom stereocenters. The summed E-state index contributed by atoms with van der Waals surface area (Å²) in [6.45, 7) is -1.08. The molecule has 0 bridgehead atoms. The van der Waals surface area contributed by atoms with Crippen LogP contribution in [0.3, 0.4) is 0 Å². The predicted octanol–water partition coefficient (Wildman–Crippen LogP) is -1.37. The molecular formula is C7H13FN2O4. The highest BCUT2D eigenvalue weighted by Crippen LogP contribution is 2.01. The number of hydrogen-bond donors (Lipinski definition) is 3. The first-order valence-corrected chi connectivity index (χ1v) is 3.94. The Kier molecular flexibility index (Phi) is 5.73. The first-order valence-electron chi connectivity index (χ1n) is 3.94. The van der Waals surface area contributed by atoms with Crippen LogP contribution in [0.1, 0.15) is 6.42 Å². The van der Waals surface area contributed by atoms with Crippen LogP contribution < -0.4 is 11.5 Å². The number of halogens is 1. The maximum absolute atomic E-state index is 11.7. The quantitative estimate of drug-likeness (QED) is 0.476. The normalized spacial score (nSPS) is 14.7. The van der Waals surface area contributed by atoms with Crippen LogP contribution in [-0.2, 0) is 14.3 Å². The minimum atomic E-state index is -1.26. The highest BCUT2D eigenvalue weighted by molar-refractivity contribution is 5.80. The van der Waals surface area contributed by atoms with E-state index in [2.05, 4.69) is 4.74 Å². The molecule has 0 saturated carbocycles. The minimum absolute atomic E-state index is 0.259. The van der Waals surface area contributed by atoms with Crippen LogP contribution in [0.4, 0.5) is 4.39 Å². The molecule has 6 nitrogen and oxygen atoms in total. The zero-order valence-corrected chi connectivity index (χ0v) is 7.48. The van der Waals surface area contributed by atoms with Gasteiger partial charge in [-0.25, -0.2) is 4.39 Å². The summed E-state index contributed by atoms with van der Waals surface area (Å²) in [5.74, 6) is -2.12. The number of hydrogen-bond acceptors (Lipinski definition) is 4. The van der Waals surface area contributed by atoms with Crippen LogP contribution in [0, 0.1) is 0 Å². The predicted molar refractivity (Wildman–Crippen MR) is 45.1 cm³/mol. The van der Waals surface area contributed by atoms with E-state index < -0.39 is 30.7 Å². The first kappa shape index (κ1) is 12.8. The van der Waals surface area contributed by atoms with Gasteiger partial charge in [-0.05, 0) is 0 Å². The third kappa shape index (κ3) is 4.73. The monoisotopic (exact) mass is 207 g/mol. The number of alkyl halides is 1. The molecule has 14 heavy (non-hydrogen) atoms. The van der Waals surface area contributed by atoms with Gasteiger partial charge in [0.2, 0.25) is 5.91 Å². The Hall–Kier alpha value is -1.21. The number of carbonyl (C=O) groups excluding carboxylic acids is 1. The van der Waals surface area contributed by atoms with E-state index in [1.807, 2.05) is 0 Å². The fourth-order valence-corrected chi connectivity index (χ4v) is 0.785. The number of carboxylic acid groups (broad SMARTS) is 1. The Bertz CT molecular complexity index is 212. The molecule has 0 aliphatic rings. The average molecular weight is 207 g/mol. The van der Waals surface area contributed by atoms with Crippen molar-refractivity contribution in [2.45, 2.75) is 18.6 Å². The number of ether oxygens (including phenoxy) is 1. The molecule has 0 aromatic heterocycles. The Morgan fingerprint density at radius 1 is 1.50 bits per heavy atom. The van der Waals surface area contributed by atoms with Gasteiger partial charge in [0.1, 0.15) is 18.8 Å². The maximum atomic E-state index is 11.7. The fourth-order valence-electron chi connectivity index (χ4n) is 0.785. The van der Waals surface area contributed by atoms with Gasteiger partial charge in [0, 0.05) is 6.42 Å². The molecule has 1 amide bonds. The molecule has 5 N–H and O–H groups in total. The van der Waals surface area contributed by atoms with E-state index in [1.54, 1.807) is 0 Å². The van der Waals surface area contributed by atoms with E-state index in [0.717, 1.165) is 0 Å². The summed E-state index contributed by atoms with van der Waals surface area (Å²) in [5.41, 5.74) is 10.0. The molecule has 2 atom stereocenters. The number of rotatable bonds is 7. The molecule has 0 heterocycles. The van der Waals surface area contributed by atoms with Crippen LogP contribution in [0.15, 0.2) is 0 Å². The highest BCUT2D eigenvalue weighted by atomic mass is 18.2. The molecule has 0 aliphatic heterocycles. The summed E-state index contributed by atoms with van der Waals surface area (Å²) in [4.78, 5) is 21.0. The highest BCUT2D eigenvalue weighted by Gasteiger charge is 2.23. The van der Waals surface area contributed by atoms with E-state index in [4.69, 9.17) is 16.6 Å². The molecule has 0 fully saturated rings. The van der Waals surface area contributed by atoms with Crippen LogP contribution in [-0.4, -0.2) is 42.4 Å². The molecular weight excluding hydrogens is 194 g/mol. The molecule has 82 valence electrons. The summed E-state index contributed by atoms with van der Waals surface area (Å²) >= 11 is 0. The van der Waals surface area contributed by atoms with Crippen molar-refractivity contribution in [3.8, 4) is 0 Å². The van der Waals surface area contributed by atoms with Crippen LogP contribution >= 0.6 is 0 Å². The van der Waals surface area contributed by atoms with Crippen molar-refractivity contribution in [2.24, 2.45) is 11.5 Å². The first-order chi connectivity index (χ1) is 6.49. The standard InChI is InChI=1S/C7H13FN2O4/c8-1-2-14-5(6(10)11)3-4(9)7(12)13/h4-5H,1-3,9H2,(H2,10,11)(H,12,13)/i8-1. The van der Waals surface area contributed by atoms with Crippen LogP contribution in [0.2, 0.25) is 0 Å². The van der Waals surface area contributed by atoms with E-state index in [1.165, 1.54) is 0 Å². The Labute approximate surface area is 80.0 Å². The molecule has 0 aromatic rings. The van der Waals surface area contributed by atoms with Crippen LogP contribution in [0.5, 0.6) is 0 Å². The van der Waals surface area contributed by atoms with E-state index in [-0.39, 0.29) is 13.0 Å². The number of nitrogens with two attached hydrogens (primary N) is 2. The third-order valence-corrected chi connectivity index (χ3v) is 1.50. The second-order valence-electron chi connectivity index (χ2n) is 2.63. The zero-order chi connectivity index (χ0) is 11.1. The SMILES string of the molecule is NC(=O)C(CC(N)C(=O)O)OCC[18F]. The summed E-state index contributed by atoms with van der Waals surface area (Å²) in [6, 6.07) is -1.24. The lowest BCUT2D eigenvalue weighted by Crippen LogP contribution is -2.41. The Balaban J connectivity index is 4.08. The lowest BCUT2D eigenvalue weighted by atomic mass is 10.1. The van der Waals surface area contributed by atoms with Crippen molar-refractivity contribution in [1.29, 1.82) is 0 Å². The minimum Gasteiger partial charge on any atom is -0.480 e. The van der Waals surface area contributed by atoms with Gasteiger partial charge in [-0.15, -0.1) is 0 Å². The maximum Gasteiger partial charge on any atom is 0.320 e. The van der Waals surface area contributed by atoms with Crippen LogP contribution in [0.25, 0.3) is 0 Å². The number of amides is 1. The Morgan fingerprint density at radius 3 is 2.43 bits per heavy atom. The van der Waals surface area contributed by atoms with E-state index in [0.29, 0.717) is 0 Å². The van der Waals surface area contributed by atoms with Gasteiger partial charge in [0.15, 0.2) is 0 Å². The van der Waals surface area contributed by atoms with Crippen molar-refractivity contribution in [2.75, 3.05) is 13.3 Å². The number of primary amides is 1. The average Bonchev–Trinajstić information content (AvgIpc) is 2.10. The van der Waals surface area contributed by atoms with E-state index in [9.17, 15) is 14.0 Å². The van der Waals surface area contributed by atoms with Gasteiger partial charge in [0.05, 0.1) is 6.61 Å². The van der Waals surface area contributed by atoms with Crippen molar-refractivity contribution in [3.63, 3.8) is 0 Å². The van der Waals surface area contributed by atoms with Crippen molar-refractivity contribution in [1.82, 2.24) is 0 Å². The molecule has 0 spiro atoms. The van der Waals surface area contributed by atoms with Gasteiger partial charge in [-0.3, -0.25) is 9.59 Å². The van der Waals surface area contributed by atoms with Crippen molar-refractivity contribution < 1.29 is 23.8 Å². The smallest absolute Gasteiger partial charge is 0.320 e. The fraction of sp³-hybridized carbons (Fsp3) is 0.714. The van der Waals surface area contributed by atoms with Gasteiger partial charge < -0.3 is 21.3 Å². The summed E-state index contributed by atoms with van der Waals surface area (Å²) < 4.78 is 16.4. The Morgan fingerprint density at radius 2 is 2.07 bits per heavy atom. The second kappa shape index (κ2) is 6.28. The van der Waals surface area contributed by atoms with Gasteiger partial charge in [-0.2, -0.15) is 0 Å². The lowest BCUT2D eigenvalue weighted by molar-refractivity contribution is -0.140. The van der Waals surface area contributed by atoms with Crippen molar-refractivity contribution >= 4 is 11.9 Å². The molecule has 0 aliphatic carbocycles. The zero-order valence-electron chi connectivity index (χ0n) is 7.48. The van der Waals surface area contributed by atoms with Gasteiger partial charge in [-0.1, -0.05) is 0 Å². The summed E-state index contributed by atoms with van der Waals surface area (Å²) in [7, 11) is 0. The second-order valence-corrected chi connectivity index (χ2v) is 2.63. The molecule has 0 aromatic carbocycles. The summed E-state index contributed by atoms with van der Waals surface area (Å²) in [5, 5.41) is 8.43. The van der Waals surface area contributed by atoms with Gasteiger partial charge >= 0.3 is 5.97 Å². The number of carboxylic acids is 1. The summed E-state index contributed by atoms with van der Waals surface area (Å²) in [6.07, 6.45) is -1.41. The molecule has 7 heteroatoms. The molecule has 0 saturated heterocycles. The van der Waals surface area contributed by atoms with Gasteiger partial charge in [0.25, 0.3) is 0 Å². The molecule has 0 radical (unpaired) electrons. The largest absolute Gasteiger partial charge is 0.480 e. The molecule has 0 rings (SSSR count). The number of carbonyl (C=O) groups is 2. The number of aliphatic carboxylic acids is 1. The lowest BCUT2D eigenvalue weighted by Gasteiger charge is -2.15.